The van der Waals surface area contributed by atoms with Crippen LogP contribution in [0.5, 0.6) is 11.5 Å². The highest BCUT2D eigenvalue weighted by molar-refractivity contribution is 5.92. The fraction of sp³-hybridized carbons (Fsp3) is 0.294. The normalized spacial score (nSPS) is 18.0. The van der Waals surface area contributed by atoms with E-state index in [-0.39, 0.29) is 5.91 Å². The lowest BCUT2D eigenvalue weighted by Crippen LogP contribution is -2.42. The number of carbonyl (C=O) groups is 1. The zero-order chi connectivity index (χ0) is 15.4. The van der Waals surface area contributed by atoms with Gasteiger partial charge in [-0.3, -0.25) is 9.78 Å². The van der Waals surface area contributed by atoms with E-state index in [9.17, 15) is 9.90 Å². The Labute approximate surface area is 129 Å². The number of pyridine rings is 1. The summed E-state index contributed by atoms with van der Waals surface area (Å²) in [6.45, 7) is 1.02. The Balaban J connectivity index is 1.74. The summed E-state index contributed by atoms with van der Waals surface area (Å²) in [7, 11) is 0. The minimum Gasteiger partial charge on any atom is -0.457 e. The Bertz CT molecular complexity index is 645. The summed E-state index contributed by atoms with van der Waals surface area (Å²) in [4.78, 5) is 18.2. The Kier molecular flexibility index (Phi) is 4.34. The van der Waals surface area contributed by atoms with Crippen LogP contribution in [0.2, 0.25) is 0 Å². The summed E-state index contributed by atoms with van der Waals surface area (Å²) in [5.41, 5.74) is 0.336. The van der Waals surface area contributed by atoms with Crippen LogP contribution in [0.25, 0.3) is 0 Å². The number of likely N-dealkylation sites (tertiary alicyclic amines) is 1. The van der Waals surface area contributed by atoms with Crippen molar-refractivity contribution in [2.45, 2.75) is 18.9 Å². The van der Waals surface area contributed by atoms with Crippen LogP contribution in [0, 0.1) is 0 Å². The van der Waals surface area contributed by atoms with E-state index in [0.29, 0.717) is 30.3 Å². The smallest absolute Gasteiger partial charge is 0.272 e. The molecule has 2 aromatic rings. The molecule has 2 heterocycles. The monoisotopic (exact) mass is 298 g/mol. The predicted octanol–water partition coefficient (Wildman–Crippen LogP) is 2.47. The number of aliphatic hydroxyl groups excluding tert-OH is 1. The highest BCUT2D eigenvalue weighted by Gasteiger charge is 2.24. The van der Waals surface area contributed by atoms with Crippen molar-refractivity contribution >= 4 is 5.91 Å². The Morgan fingerprint density at radius 2 is 2.05 bits per heavy atom. The molecule has 114 valence electrons. The zero-order valence-corrected chi connectivity index (χ0v) is 12.2. The molecular weight excluding hydrogens is 280 g/mol. The second kappa shape index (κ2) is 6.58. The summed E-state index contributed by atoms with van der Waals surface area (Å²) >= 11 is 0. The second-order valence-corrected chi connectivity index (χ2v) is 5.34. The molecule has 1 aliphatic rings. The van der Waals surface area contributed by atoms with Gasteiger partial charge in [-0.05, 0) is 31.0 Å². The van der Waals surface area contributed by atoms with Gasteiger partial charge in [0.2, 0.25) is 0 Å². The van der Waals surface area contributed by atoms with Crippen LogP contribution >= 0.6 is 0 Å². The highest BCUT2D eigenvalue weighted by Crippen LogP contribution is 2.22. The molecule has 1 unspecified atom stereocenters. The molecule has 0 saturated carbocycles. The molecular formula is C17H18N2O3. The molecule has 0 bridgehead atoms. The molecule has 3 rings (SSSR count). The van der Waals surface area contributed by atoms with Crippen molar-refractivity contribution in [3.8, 4) is 11.5 Å². The minimum absolute atomic E-state index is 0.169. The number of nitrogens with zero attached hydrogens (tertiary/aromatic N) is 2. The first-order chi connectivity index (χ1) is 10.7. The van der Waals surface area contributed by atoms with Gasteiger partial charge in [-0.25, -0.2) is 0 Å². The molecule has 5 heteroatoms. The summed E-state index contributed by atoms with van der Waals surface area (Å²) in [5, 5.41) is 9.69. The van der Waals surface area contributed by atoms with Crippen LogP contribution in [0.15, 0.2) is 48.7 Å². The van der Waals surface area contributed by atoms with Gasteiger partial charge >= 0.3 is 0 Å². The second-order valence-electron chi connectivity index (χ2n) is 5.34. The van der Waals surface area contributed by atoms with Gasteiger partial charge in [0.15, 0.2) is 0 Å². The molecule has 1 saturated heterocycles. The first-order valence-electron chi connectivity index (χ1n) is 7.38. The standard InChI is InChI=1S/C17H18N2O3/c20-13-5-4-10-19(12-13)17(21)16-11-15(8-9-18-16)22-14-6-2-1-3-7-14/h1-3,6-9,11,13,20H,4-5,10,12H2. The summed E-state index contributed by atoms with van der Waals surface area (Å²) < 4.78 is 5.72. The van der Waals surface area contributed by atoms with Crippen LogP contribution in [0.3, 0.4) is 0 Å². The van der Waals surface area contributed by atoms with Gasteiger partial charge in [-0.2, -0.15) is 0 Å². The topological polar surface area (TPSA) is 62.7 Å². The number of aliphatic hydroxyl groups is 1. The highest BCUT2D eigenvalue weighted by atomic mass is 16.5. The van der Waals surface area contributed by atoms with Crippen LogP contribution in [0.4, 0.5) is 0 Å². The van der Waals surface area contributed by atoms with Gasteiger partial charge in [-0.1, -0.05) is 18.2 Å². The van der Waals surface area contributed by atoms with E-state index < -0.39 is 6.10 Å². The number of rotatable bonds is 3. The number of ether oxygens (including phenoxy) is 1. The van der Waals surface area contributed by atoms with E-state index in [1.54, 1.807) is 23.2 Å². The number of aromatic nitrogens is 1. The number of hydrogen-bond donors (Lipinski definition) is 1. The Hall–Kier alpha value is -2.40. The molecule has 5 nitrogen and oxygen atoms in total. The Morgan fingerprint density at radius 1 is 1.23 bits per heavy atom. The van der Waals surface area contributed by atoms with Crippen molar-refractivity contribution in [3.63, 3.8) is 0 Å². The quantitative estimate of drug-likeness (QED) is 0.945. The average Bonchev–Trinajstić information content (AvgIpc) is 2.55. The van der Waals surface area contributed by atoms with Crippen LogP contribution in [0.1, 0.15) is 23.3 Å². The fourth-order valence-electron chi connectivity index (χ4n) is 2.52. The molecule has 1 amide bonds. The van der Waals surface area contributed by atoms with Crippen molar-refractivity contribution in [3.05, 3.63) is 54.4 Å². The summed E-state index contributed by atoms with van der Waals surface area (Å²) in [5.74, 6) is 1.11. The van der Waals surface area contributed by atoms with Gasteiger partial charge < -0.3 is 14.7 Å². The summed E-state index contributed by atoms with van der Waals surface area (Å²) in [6.07, 6.45) is 2.68. The van der Waals surface area contributed by atoms with E-state index in [2.05, 4.69) is 4.98 Å². The molecule has 1 aliphatic heterocycles. The summed E-state index contributed by atoms with van der Waals surface area (Å²) in [6, 6.07) is 12.7. The van der Waals surface area contributed by atoms with Gasteiger partial charge in [0.1, 0.15) is 17.2 Å². The number of para-hydroxylation sites is 1. The van der Waals surface area contributed by atoms with Gasteiger partial charge in [0, 0.05) is 25.4 Å². The molecule has 0 aliphatic carbocycles. The molecule has 1 atom stereocenters. The molecule has 1 aromatic heterocycles. The third-order valence-corrected chi connectivity index (χ3v) is 3.61. The van der Waals surface area contributed by atoms with E-state index >= 15 is 0 Å². The van der Waals surface area contributed by atoms with E-state index in [0.717, 1.165) is 12.8 Å². The molecule has 0 spiro atoms. The van der Waals surface area contributed by atoms with Crippen molar-refractivity contribution in [1.82, 2.24) is 9.88 Å². The van der Waals surface area contributed by atoms with Gasteiger partial charge in [0.25, 0.3) is 5.91 Å². The first kappa shape index (κ1) is 14.5. The maximum absolute atomic E-state index is 12.4. The number of benzene rings is 1. The molecule has 1 aromatic carbocycles. The number of carbonyl (C=O) groups excluding carboxylic acids is 1. The SMILES string of the molecule is O=C(c1cc(Oc2ccccc2)ccn1)N1CCCC(O)C1. The van der Waals surface area contributed by atoms with E-state index in [1.807, 2.05) is 30.3 Å². The lowest BCUT2D eigenvalue weighted by Gasteiger charge is -2.29. The Morgan fingerprint density at radius 3 is 2.82 bits per heavy atom. The zero-order valence-electron chi connectivity index (χ0n) is 12.2. The number of hydrogen-bond acceptors (Lipinski definition) is 4. The van der Waals surface area contributed by atoms with Gasteiger partial charge in [0.05, 0.1) is 6.10 Å². The van der Waals surface area contributed by atoms with Crippen LogP contribution < -0.4 is 4.74 Å². The first-order valence-corrected chi connectivity index (χ1v) is 7.38. The number of amides is 1. The van der Waals surface area contributed by atoms with Crippen LogP contribution in [-0.2, 0) is 0 Å². The predicted molar refractivity (Wildman–Crippen MR) is 81.9 cm³/mol. The third kappa shape index (κ3) is 3.43. The van der Waals surface area contributed by atoms with Crippen molar-refractivity contribution in [2.75, 3.05) is 13.1 Å². The number of β-amino-alcohol motifs (C(OH)–C–C–N with tert-alkyl or cyclic N) is 1. The average molecular weight is 298 g/mol. The maximum Gasteiger partial charge on any atom is 0.272 e. The third-order valence-electron chi connectivity index (χ3n) is 3.61. The lowest BCUT2D eigenvalue weighted by molar-refractivity contribution is 0.0468. The van der Waals surface area contributed by atoms with Crippen molar-refractivity contribution in [1.29, 1.82) is 0 Å². The fourth-order valence-corrected chi connectivity index (χ4v) is 2.52. The molecule has 1 fully saturated rings. The van der Waals surface area contributed by atoms with Crippen LogP contribution in [-0.4, -0.2) is 40.1 Å². The molecule has 0 radical (unpaired) electrons. The van der Waals surface area contributed by atoms with E-state index in [1.165, 1.54) is 0 Å². The molecule has 1 N–H and O–H groups in total. The minimum atomic E-state index is -0.443. The lowest BCUT2D eigenvalue weighted by atomic mass is 10.1. The number of piperidine rings is 1. The largest absolute Gasteiger partial charge is 0.457 e. The van der Waals surface area contributed by atoms with Crippen molar-refractivity contribution in [2.24, 2.45) is 0 Å². The maximum atomic E-state index is 12.4. The van der Waals surface area contributed by atoms with Gasteiger partial charge in [-0.15, -0.1) is 0 Å². The van der Waals surface area contributed by atoms with E-state index in [4.69, 9.17) is 4.74 Å². The molecule has 22 heavy (non-hydrogen) atoms. The van der Waals surface area contributed by atoms with Crippen molar-refractivity contribution < 1.29 is 14.6 Å².